The van der Waals surface area contributed by atoms with Crippen molar-refractivity contribution in [3.8, 4) is 0 Å². The maximum Gasteiger partial charge on any atom is 0.243 e. The molecule has 0 saturated carbocycles. The molecular formula is C11H13F2NO4S2. The maximum absolute atomic E-state index is 13.1. The number of hydrogen-bond acceptors (Lipinski definition) is 4. The van der Waals surface area contributed by atoms with E-state index in [1.807, 2.05) is 0 Å². The van der Waals surface area contributed by atoms with Crippen LogP contribution in [-0.4, -0.2) is 45.7 Å². The van der Waals surface area contributed by atoms with E-state index >= 15 is 0 Å². The molecule has 9 heteroatoms. The highest BCUT2D eigenvalue weighted by Crippen LogP contribution is 2.25. The van der Waals surface area contributed by atoms with Crippen LogP contribution in [0.5, 0.6) is 0 Å². The van der Waals surface area contributed by atoms with Gasteiger partial charge in [-0.15, -0.1) is 0 Å². The zero-order valence-corrected chi connectivity index (χ0v) is 12.2. The third-order valence-corrected chi connectivity index (χ3v) is 6.70. The number of sulfonamides is 1. The summed E-state index contributed by atoms with van der Waals surface area (Å²) in [6.07, 6.45) is 1.24. The van der Waals surface area contributed by atoms with Gasteiger partial charge in [0.05, 0.1) is 10.1 Å². The fourth-order valence-electron chi connectivity index (χ4n) is 2.05. The van der Waals surface area contributed by atoms with Crippen molar-refractivity contribution in [2.75, 3.05) is 19.3 Å². The molecule has 0 amide bonds. The van der Waals surface area contributed by atoms with Crippen LogP contribution in [0.1, 0.15) is 6.42 Å². The van der Waals surface area contributed by atoms with E-state index < -0.39 is 36.7 Å². The molecule has 0 radical (unpaired) electrons. The second kappa shape index (κ2) is 5.05. The van der Waals surface area contributed by atoms with Gasteiger partial charge < -0.3 is 0 Å². The zero-order chi connectivity index (χ0) is 15.1. The van der Waals surface area contributed by atoms with Crippen LogP contribution in [0.15, 0.2) is 23.1 Å². The van der Waals surface area contributed by atoms with E-state index in [1.165, 1.54) is 0 Å². The Kier molecular flexibility index (Phi) is 3.87. The minimum atomic E-state index is -4.01. The highest BCUT2D eigenvalue weighted by atomic mass is 32.2. The second-order valence-electron chi connectivity index (χ2n) is 4.68. The Hall–Kier alpha value is -1.06. The van der Waals surface area contributed by atoms with Crippen molar-refractivity contribution in [2.24, 2.45) is 0 Å². The molecule has 2 rings (SSSR count). The smallest absolute Gasteiger partial charge is 0.229 e. The van der Waals surface area contributed by atoms with Gasteiger partial charge in [0.15, 0.2) is 21.5 Å². The van der Waals surface area contributed by atoms with Crippen LogP contribution in [-0.2, 0) is 19.9 Å². The number of halogens is 2. The number of sulfone groups is 1. The first-order valence-corrected chi connectivity index (χ1v) is 9.16. The average molecular weight is 325 g/mol. The van der Waals surface area contributed by atoms with Crippen LogP contribution in [0, 0.1) is 11.6 Å². The van der Waals surface area contributed by atoms with E-state index in [0.717, 1.165) is 22.7 Å². The lowest BCUT2D eigenvalue weighted by atomic mass is 10.3. The summed E-state index contributed by atoms with van der Waals surface area (Å²) in [5, 5.41) is -0.762. The van der Waals surface area contributed by atoms with E-state index in [2.05, 4.69) is 0 Å². The first kappa shape index (κ1) is 15.3. The molecule has 20 heavy (non-hydrogen) atoms. The standard InChI is InChI=1S/C11H13F2NO4S2/c1-19(15,16)9-4-5-14(7-9)20(17,18)8-2-3-10(12)11(13)6-8/h2-3,6,9H,4-5,7H2,1H3/t9-/m1/s1. The van der Waals surface area contributed by atoms with Crippen molar-refractivity contribution in [1.82, 2.24) is 4.31 Å². The molecule has 0 bridgehead atoms. The zero-order valence-electron chi connectivity index (χ0n) is 10.6. The minimum absolute atomic E-state index is 0.0407. The summed E-state index contributed by atoms with van der Waals surface area (Å²) in [5.41, 5.74) is 0. The van der Waals surface area contributed by atoms with Gasteiger partial charge in [0.2, 0.25) is 10.0 Å². The summed E-state index contributed by atoms with van der Waals surface area (Å²) < 4.78 is 74.2. The first-order valence-electron chi connectivity index (χ1n) is 5.76. The van der Waals surface area contributed by atoms with Crippen LogP contribution < -0.4 is 0 Å². The Morgan fingerprint density at radius 1 is 1.15 bits per heavy atom. The fraction of sp³-hybridized carbons (Fsp3) is 0.455. The third-order valence-electron chi connectivity index (χ3n) is 3.24. The Balaban J connectivity index is 2.30. The van der Waals surface area contributed by atoms with E-state index in [0.29, 0.717) is 6.07 Å². The van der Waals surface area contributed by atoms with Crippen molar-refractivity contribution in [3.05, 3.63) is 29.8 Å². The number of nitrogens with zero attached hydrogens (tertiary/aromatic N) is 1. The summed E-state index contributed by atoms with van der Waals surface area (Å²) in [6.45, 7) is -0.126. The maximum atomic E-state index is 13.1. The van der Waals surface area contributed by atoms with Crippen molar-refractivity contribution in [1.29, 1.82) is 0 Å². The molecule has 1 aliphatic heterocycles. The summed E-state index contributed by atoms with van der Waals surface area (Å²) in [5.74, 6) is -2.40. The Bertz CT molecular complexity index is 731. The molecular weight excluding hydrogens is 312 g/mol. The number of rotatable bonds is 3. The Labute approximate surface area is 116 Å². The predicted molar refractivity (Wildman–Crippen MR) is 68.4 cm³/mol. The SMILES string of the molecule is CS(=O)(=O)[C@@H]1CCN(S(=O)(=O)c2ccc(F)c(F)c2)C1. The molecule has 0 aromatic heterocycles. The van der Waals surface area contributed by atoms with Crippen molar-refractivity contribution >= 4 is 19.9 Å². The van der Waals surface area contributed by atoms with E-state index in [4.69, 9.17) is 0 Å². The highest BCUT2D eigenvalue weighted by Gasteiger charge is 2.37. The monoisotopic (exact) mass is 325 g/mol. The van der Waals surface area contributed by atoms with Crippen LogP contribution in [0.4, 0.5) is 8.78 Å². The topological polar surface area (TPSA) is 71.5 Å². The van der Waals surface area contributed by atoms with Gasteiger partial charge in [0.1, 0.15) is 0 Å². The molecule has 5 nitrogen and oxygen atoms in total. The van der Waals surface area contributed by atoms with Gasteiger partial charge >= 0.3 is 0 Å². The minimum Gasteiger partial charge on any atom is -0.229 e. The van der Waals surface area contributed by atoms with Crippen LogP contribution >= 0.6 is 0 Å². The lowest BCUT2D eigenvalue weighted by molar-refractivity contribution is 0.472. The molecule has 1 heterocycles. The van der Waals surface area contributed by atoms with Crippen LogP contribution in [0.2, 0.25) is 0 Å². The van der Waals surface area contributed by atoms with E-state index in [9.17, 15) is 25.6 Å². The summed E-state index contributed by atoms with van der Waals surface area (Å²) in [4.78, 5) is -0.384. The van der Waals surface area contributed by atoms with Crippen molar-refractivity contribution in [2.45, 2.75) is 16.6 Å². The molecule has 0 N–H and O–H groups in total. The van der Waals surface area contributed by atoms with Gasteiger partial charge in [-0.05, 0) is 24.6 Å². The normalized spacial score (nSPS) is 21.2. The lowest BCUT2D eigenvalue weighted by Gasteiger charge is -2.16. The van der Waals surface area contributed by atoms with E-state index in [1.54, 1.807) is 0 Å². The Morgan fingerprint density at radius 2 is 1.80 bits per heavy atom. The average Bonchev–Trinajstić information content (AvgIpc) is 2.82. The van der Waals surface area contributed by atoms with Crippen LogP contribution in [0.25, 0.3) is 0 Å². The largest absolute Gasteiger partial charge is 0.243 e. The molecule has 0 aliphatic carbocycles. The summed E-state index contributed by atoms with van der Waals surface area (Å²) >= 11 is 0. The fourth-order valence-corrected chi connectivity index (χ4v) is 4.64. The quantitative estimate of drug-likeness (QED) is 0.823. The van der Waals surface area contributed by atoms with Crippen molar-refractivity contribution in [3.63, 3.8) is 0 Å². The van der Waals surface area contributed by atoms with Crippen molar-refractivity contribution < 1.29 is 25.6 Å². The molecule has 0 spiro atoms. The molecule has 1 atom stereocenters. The molecule has 112 valence electrons. The predicted octanol–water partition coefficient (Wildman–Crippen LogP) is 0.772. The molecule has 1 fully saturated rings. The summed E-state index contributed by atoms with van der Waals surface area (Å²) in [7, 11) is -7.34. The summed E-state index contributed by atoms with van der Waals surface area (Å²) in [6, 6.07) is 2.28. The van der Waals surface area contributed by atoms with Gasteiger partial charge in [-0.3, -0.25) is 0 Å². The second-order valence-corrected chi connectivity index (χ2v) is 8.94. The highest BCUT2D eigenvalue weighted by molar-refractivity contribution is 7.91. The number of hydrogen-bond donors (Lipinski definition) is 0. The Morgan fingerprint density at radius 3 is 2.30 bits per heavy atom. The van der Waals surface area contributed by atoms with Gasteiger partial charge in [-0.2, -0.15) is 4.31 Å². The lowest BCUT2D eigenvalue weighted by Crippen LogP contribution is -2.31. The molecule has 1 aromatic carbocycles. The van der Waals surface area contributed by atoms with Gasteiger partial charge in [-0.1, -0.05) is 0 Å². The van der Waals surface area contributed by atoms with Gasteiger partial charge in [0.25, 0.3) is 0 Å². The third kappa shape index (κ3) is 2.84. The molecule has 1 aromatic rings. The van der Waals surface area contributed by atoms with Crippen LogP contribution in [0.3, 0.4) is 0 Å². The first-order chi connectivity index (χ1) is 9.12. The molecule has 1 saturated heterocycles. The molecule has 0 unspecified atom stereocenters. The van der Waals surface area contributed by atoms with E-state index in [-0.39, 0.29) is 24.4 Å². The number of benzene rings is 1. The van der Waals surface area contributed by atoms with Gasteiger partial charge in [-0.25, -0.2) is 25.6 Å². The van der Waals surface area contributed by atoms with Gasteiger partial charge in [0, 0.05) is 19.3 Å². The molecule has 1 aliphatic rings.